The number of rotatable bonds is 9. The number of anilines is 1. The second-order valence-electron chi connectivity index (χ2n) is 10.6. The topological polar surface area (TPSA) is 144 Å². The smallest absolute Gasteiger partial charge is 0.275 e. The summed E-state index contributed by atoms with van der Waals surface area (Å²) in [7, 11) is 3.24. The number of hydrogen-bond acceptors (Lipinski definition) is 10. The SMILES string of the molecule is COc1ccc(C(OC[C@H]2O[C@@H](n3c(=O)c(C)nc4c(N)ncnc43)C[C@@H]2O)(c2ccccc2)c2ccc(OC)cc2)cc1. The maximum Gasteiger partial charge on any atom is 0.275 e. The minimum absolute atomic E-state index is 0.00150. The highest BCUT2D eigenvalue weighted by molar-refractivity contribution is 5.80. The Hall–Kier alpha value is -4.84. The molecule has 226 valence electrons. The number of benzene rings is 3. The number of nitrogens with zero attached hydrogens (tertiary/aromatic N) is 4. The van der Waals surface area contributed by atoms with Crippen LogP contribution < -0.4 is 20.8 Å². The zero-order valence-corrected chi connectivity index (χ0v) is 24.6. The summed E-state index contributed by atoms with van der Waals surface area (Å²) in [5.41, 5.74) is 7.88. The summed E-state index contributed by atoms with van der Waals surface area (Å²) in [6.45, 7) is 1.59. The Morgan fingerprint density at radius 3 is 2.11 bits per heavy atom. The summed E-state index contributed by atoms with van der Waals surface area (Å²) < 4.78 is 25.5. The van der Waals surface area contributed by atoms with Crippen LogP contribution in [-0.4, -0.2) is 57.7 Å². The molecule has 1 aliphatic heterocycles. The van der Waals surface area contributed by atoms with Crippen LogP contribution in [0.5, 0.6) is 11.5 Å². The van der Waals surface area contributed by atoms with Gasteiger partial charge in [0.25, 0.3) is 5.56 Å². The summed E-state index contributed by atoms with van der Waals surface area (Å²) in [4.78, 5) is 25.8. The van der Waals surface area contributed by atoms with Gasteiger partial charge in [0.15, 0.2) is 11.5 Å². The zero-order valence-electron chi connectivity index (χ0n) is 24.6. The van der Waals surface area contributed by atoms with Gasteiger partial charge < -0.3 is 29.8 Å². The fourth-order valence-electron chi connectivity index (χ4n) is 5.72. The first-order valence-electron chi connectivity index (χ1n) is 14.2. The molecule has 3 aromatic carbocycles. The predicted molar refractivity (Wildman–Crippen MR) is 164 cm³/mol. The molecule has 2 aromatic heterocycles. The van der Waals surface area contributed by atoms with Crippen molar-refractivity contribution < 1.29 is 24.1 Å². The summed E-state index contributed by atoms with van der Waals surface area (Å²) in [6.07, 6.45) is -1.12. The summed E-state index contributed by atoms with van der Waals surface area (Å²) in [6, 6.07) is 25.2. The maximum atomic E-state index is 13.3. The third-order valence-corrected chi connectivity index (χ3v) is 8.00. The Kier molecular flexibility index (Phi) is 8.00. The molecule has 6 rings (SSSR count). The van der Waals surface area contributed by atoms with Gasteiger partial charge in [-0.1, -0.05) is 54.6 Å². The molecule has 3 atom stereocenters. The van der Waals surface area contributed by atoms with Crippen molar-refractivity contribution in [3.8, 4) is 11.5 Å². The lowest BCUT2D eigenvalue weighted by molar-refractivity contribution is -0.0936. The number of aryl methyl sites for hydroxylation is 1. The summed E-state index contributed by atoms with van der Waals surface area (Å²) in [5, 5.41) is 11.2. The molecule has 1 aliphatic rings. The molecule has 0 saturated carbocycles. The molecule has 0 amide bonds. The van der Waals surface area contributed by atoms with E-state index in [-0.39, 0.29) is 35.7 Å². The van der Waals surface area contributed by atoms with Crippen LogP contribution in [0, 0.1) is 6.92 Å². The standard InChI is InChI=1S/C33H33N5O6/c1-20-32(40)38(31-29(37-20)30(34)35-19-36-31)28-17-26(39)27(44-28)18-43-33(21-7-5-4-6-8-21,22-9-13-24(41-2)14-10-22)23-11-15-25(42-3)16-12-23/h4-16,19,26-28,39H,17-18H2,1-3H3,(H2,34,35,36)/t26-,27+,28+/m0/s1. The van der Waals surface area contributed by atoms with Crippen molar-refractivity contribution in [2.45, 2.75) is 37.4 Å². The van der Waals surface area contributed by atoms with E-state index in [1.807, 2.05) is 78.9 Å². The Bertz CT molecular complexity index is 1760. The number of hydrogen-bond donors (Lipinski definition) is 2. The quantitative estimate of drug-likeness (QED) is 0.242. The van der Waals surface area contributed by atoms with Crippen molar-refractivity contribution in [3.05, 3.63) is 118 Å². The lowest BCUT2D eigenvalue weighted by Gasteiger charge is -2.37. The first kappa shape index (κ1) is 29.2. The molecule has 5 aromatic rings. The maximum absolute atomic E-state index is 13.3. The number of ether oxygens (including phenoxy) is 4. The van der Waals surface area contributed by atoms with E-state index >= 15 is 0 Å². The average Bonchev–Trinajstić information content (AvgIpc) is 3.43. The number of aliphatic hydroxyl groups is 1. The first-order valence-corrected chi connectivity index (χ1v) is 14.2. The minimum atomic E-state index is -1.10. The van der Waals surface area contributed by atoms with Gasteiger partial charge in [-0.2, -0.15) is 0 Å². The van der Waals surface area contributed by atoms with E-state index in [0.29, 0.717) is 17.0 Å². The Labute approximate surface area is 253 Å². The van der Waals surface area contributed by atoms with Gasteiger partial charge in [0.2, 0.25) is 0 Å². The Balaban J connectivity index is 1.40. The number of aromatic nitrogens is 4. The monoisotopic (exact) mass is 595 g/mol. The highest BCUT2D eigenvalue weighted by Gasteiger charge is 2.42. The highest BCUT2D eigenvalue weighted by atomic mass is 16.6. The zero-order chi connectivity index (χ0) is 30.8. The molecular weight excluding hydrogens is 562 g/mol. The van der Waals surface area contributed by atoms with Crippen molar-refractivity contribution in [3.63, 3.8) is 0 Å². The second kappa shape index (κ2) is 12.0. The van der Waals surface area contributed by atoms with Gasteiger partial charge >= 0.3 is 0 Å². The van der Waals surface area contributed by atoms with Crippen molar-refractivity contribution in [1.82, 2.24) is 19.5 Å². The number of fused-ring (bicyclic) bond motifs is 1. The van der Waals surface area contributed by atoms with E-state index in [1.54, 1.807) is 21.1 Å². The van der Waals surface area contributed by atoms with Crippen molar-refractivity contribution in [1.29, 1.82) is 0 Å². The predicted octanol–water partition coefficient (Wildman–Crippen LogP) is 3.75. The van der Waals surface area contributed by atoms with E-state index in [0.717, 1.165) is 16.7 Å². The lowest BCUT2D eigenvalue weighted by Crippen LogP contribution is -2.38. The summed E-state index contributed by atoms with van der Waals surface area (Å²) in [5.74, 6) is 1.56. The third kappa shape index (κ3) is 5.15. The van der Waals surface area contributed by atoms with Crippen molar-refractivity contribution in [2.24, 2.45) is 0 Å². The fraction of sp³-hybridized carbons (Fsp3) is 0.273. The molecular formula is C33H33N5O6. The molecule has 0 radical (unpaired) electrons. The molecule has 11 nitrogen and oxygen atoms in total. The van der Waals surface area contributed by atoms with E-state index in [4.69, 9.17) is 24.7 Å². The van der Waals surface area contributed by atoms with Crippen LogP contribution in [0.25, 0.3) is 11.2 Å². The normalized spacial score (nSPS) is 18.4. The molecule has 3 N–H and O–H groups in total. The van der Waals surface area contributed by atoms with Gasteiger partial charge in [0.05, 0.1) is 26.9 Å². The first-order chi connectivity index (χ1) is 21.3. The van der Waals surface area contributed by atoms with Gasteiger partial charge in [-0.3, -0.25) is 9.36 Å². The molecule has 44 heavy (non-hydrogen) atoms. The molecule has 0 aliphatic carbocycles. The van der Waals surface area contributed by atoms with E-state index in [2.05, 4.69) is 15.0 Å². The van der Waals surface area contributed by atoms with E-state index in [1.165, 1.54) is 10.9 Å². The van der Waals surface area contributed by atoms with Crippen LogP contribution in [0.2, 0.25) is 0 Å². The van der Waals surface area contributed by atoms with Gasteiger partial charge in [-0.05, 0) is 47.9 Å². The average molecular weight is 596 g/mol. The van der Waals surface area contributed by atoms with E-state index < -0.39 is 24.0 Å². The molecule has 11 heteroatoms. The van der Waals surface area contributed by atoms with Gasteiger partial charge in [0, 0.05) is 6.42 Å². The largest absolute Gasteiger partial charge is 0.497 e. The Morgan fingerprint density at radius 2 is 1.52 bits per heavy atom. The van der Waals surface area contributed by atoms with Gasteiger partial charge in [-0.25, -0.2) is 15.0 Å². The van der Waals surface area contributed by atoms with Crippen LogP contribution in [-0.2, 0) is 15.1 Å². The minimum Gasteiger partial charge on any atom is -0.497 e. The van der Waals surface area contributed by atoms with Crippen LogP contribution >= 0.6 is 0 Å². The van der Waals surface area contributed by atoms with Crippen LogP contribution in [0.3, 0.4) is 0 Å². The van der Waals surface area contributed by atoms with Crippen molar-refractivity contribution >= 4 is 17.0 Å². The molecule has 3 heterocycles. The van der Waals surface area contributed by atoms with Gasteiger partial charge in [-0.15, -0.1) is 0 Å². The number of nitrogen functional groups attached to an aromatic ring is 1. The number of aliphatic hydroxyl groups excluding tert-OH is 1. The van der Waals surface area contributed by atoms with Crippen LogP contribution in [0.15, 0.2) is 90.0 Å². The third-order valence-electron chi connectivity index (χ3n) is 8.00. The van der Waals surface area contributed by atoms with E-state index in [9.17, 15) is 9.90 Å². The summed E-state index contributed by atoms with van der Waals surface area (Å²) >= 11 is 0. The van der Waals surface area contributed by atoms with Crippen LogP contribution in [0.1, 0.15) is 35.0 Å². The fourth-order valence-corrected chi connectivity index (χ4v) is 5.72. The number of methoxy groups -OCH3 is 2. The number of nitrogens with two attached hydrogens (primary N) is 1. The molecule has 1 fully saturated rings. The van der Waals surface area contributed by atoms with Crippen molar-refractivity contribution in [2.75, 3.05) is 26.6 Å². The van der Waals surface area contributed by atoms with Gasteiger partial charge in [0.1, 0.15) is 47.0 Å². The second-order valence-corrected chi connectivity index (χ2v) is 10.6. The molecule has 0 unspecified atom stereocenters. The molecule has 0 bridgehead atoms. The highest BCUT2D eigenvalue weighted by Crippen LogP contribution is 2.43. The molecule has 1 saturated heterocycles. The molecule has 0 spiro atoms. The Morgan fingerprint density at radius 1 is 0.932 bits per heavy atom. The van der Waals surface area contributed by atoms with Crippen LogP contribution in [0.4, 0.5) is 5.82 Å². The lowest BCUT2D eigenvalue weighted by atomic mass is 9.80.